The molecule has 0 aromatic rings. The standard InChI is InChI=1S/C16H24N2O2/c1-2-10-18-14(12-6-4-3-5-7-12)15(19)17-13(16(18)20)11-8-9-11/h2,11-14H,1,3-10H2,(H,17,19). The molecule has 2 saturated carbocycles. The number of carbonyl (C=O) groups excluding carboxylic acids is 2. The van der Waals surface area contributed by atoms with Crippen LogP contribution in [0.5, 0.6) is 0 Å². The third-order valence-electron chi connectivity index (χ3n) is 4.97. The first-order valence-corrected chi connectivity index (χ1v) is 7.94. The van der Waals surface area contributed by atoms with Crippen LogP contribution >= 0.6 is 0 Å². The number of amides is 2. The fraction of sp³-hybridized carbons (Fsp3) is 0.750. The summed E-state index contributed by atoms with van der Waals surface area (Å²) in [6.07, 6.45) is 9.61. The predicted molar refractivity (Wildman–Crippen MR) is 76.9 cm³/mol. The van der Waals surface area contributed by atoms with Crippen molar-refractivity contribution in [3.05, 3.63) is 12.7 Å². The summed E-state index contributed by atoms with van der Waals surface area (Å²) in [6.45, 7) is 4.25. The van der Waals surface area contributed by atoms with Gasteiger partial charge >= 0.3 is 0 Å². The Balaban J connectivity index is 1.80. The lowest BCUT2D eigenvalue weighted by Crippen LogP contribution is -2.66. The van der Waals surface area contributed by atoms with Crippen LogP contribution in [0.1, 0.15) is 44.9 Å². The van der Waals surface area contributed by atoms with E-state index in [1.54, 1.807) is 11.0 Å². The van der Waals surface area contributed by atoms with E-state index in [4.69, 9.17) is 0 Å². The largest absolute Gasteiger partial charge is 0.342 e. The number of piperazine rings is 1. The Bertz CT molecular complexity index is 411. The zero-order chi connectivity index (χ0) is 14.1. The number of hydrogen-bond donors (Lipinski definition) is 1. The fourth-order valence-electron chi connectivity index (χ4n) is 3.77. The zero-order valence-corrected chi connectivity index (χ0v) is 12.0. The van der Waals surface area contributed by atoms with Crippen LogP contribution in [0.4, 0.5) is 0 Å². The Morgan fingerprint density at radius 2 is 1.80 bits per heavy atom. The van der Waals surface area contributed by atoms with Gasteiger partial charge in [-0.2, -0.15) is 0 Å². The van der Waals surface area contributed by atoms with Gasteiger partial charge in [-0.1, -0.05) is 25.3 Å². The lowest BCUT2D eigenvalue weighted by molar-refractivity contribution is -0.152. The van der Waals surface area contributed by atoms with Crippen molar-refractivity contribution in [1.82, 2.24) is 10.2 Å². The Kier molecular flexibility index (Phi) is 3.81. The third kappa shape index (κ3) is 2.48. The van der Waals surface area contributed by atoms with Gasteiger partial charge in [0.2, 0.25) is 11.8 Å². The number of carbonyl (C=O) groups is 2. The van der Waals surface area contributed by atoms with E-state index >= 15 is 0 Å². The number of hydrogen-bond acceptors (Lipinski definition) is 2. The van der Waals surface area contributed by atoms with E-state index < -0.39 is 0 Å². The average molecular weight is 276 g/mol. The summed E-state index contributed by atoms with van der Waals surface area (Å²) < 4.78 is 0. The second-order valence-electron chi connectivity index (χ2n) is 6.45. The quantitative estimate of drug-likeness (QED) is 0.797. The van der Waals surface area contributed by atoms with Crippen molar-refractivity contribution in [2.45, 2.75) is 57.0 Å². The van der Waals surface area contributed by atoms with Crippen molar-refractivity contribution in [2.24, 2.45) is 11.8 Å². The van der Waals surface area contributed by atoms with Gasteiger partial charge in [-0.15, -0.1) is 6.58 Å². The SMILES string of the molecule is C=CCN1C(=O)C(C2CC2)NC(=O)C1C1CCCCC1. The molecule has 0 aromatic carbocycles. The summed E-state index contributed by atoms with van der Waals surface area (Å²) in [7, 11) is 0. The Hall–Kier alpha value is -1.32. The van der Waals surface area contributed by atoms with Crippen LogP contribution in [0.3, 0.4) is 0 Å². The molecule has 2 unspecified atom stereocenters. The minimum Gasteiger partial charge on any atom is -0.342 e. The molecular weight excluding hydrogens is 252 g/mol. The van der Waals surface area contributed by atoms with Gasteiger partial charge in [0.15, 0.2) is 0 Å². The molecule has 20 heavy (non-hydrogen) atoms. The maximum Gasteiger partial charge on any atom is 0.246 e. The van der Waals surface area contributed by atoms with E-state index in [1.165, 1.54) is 19.3 Å². The Morgan fingerprint density at radius 3 is 2.40 bits per heavy atom. The second-order valence-corrected chi connectivity index (χ2v) is 6.45. The Labute approximate surface area is 120 Å². The van der Waals surface area contributed by atoms with Gasteiger partial charge in [0.25, 0.3) is 0 Å². The molecule has 3 fully saturated rings. The molecule has 4 heteroatoms. The van der Waals surface area contributed by atoms with E-state index in [9.17, 15) is 9.59 Å². The molecule has 3 aliphatic rings. The molecule has 1 heterocycles. The number of nitrogens with one attached hydrogen (secondary N) is 1. The summed E-state index contributed by atoms with van der Waals surface area (Å²) in [4.78, 5) is 27.0. The van der Waals surface area contributed by atoms with Crippen LogP contribution in [0.2, 0.25) is 0 Å². The predicted octanol–water partition coefficient (Wildman–Crippen LogP) is 1.86. The highest BCUT2D eigenvalue weighted by molar-refractivity contribution is 5.97. The summed E-state index contributed by atoms with van der Waals surface area (Å²) in [5.41, 5.74) is 0. The molecule has 2 aliphatic carbocycles. The van der Waals surface area contributed by atoms with Gasteiger partial charge < -0.3 is 10.2 Å². The van der Waals surface area contributed by atoms with Crippen molar-refractivity contribution >= 4 is 11.8 Å². The summed E-state index contributed by atoms with van der Waals surface area (Å²) in [5, 5.41) is 3.00. The van der Waals surface area contributed by atoms with Crippen LogP contribution < -0.4 is 5.32 Å². The van der Waals surface area contributed by atoms with E-state index in [0.717, 1.165) is 25.7 Å². The van der Waals surface area contributed by atoms with Crippen LogP contribution in [0, 0.1) is 11.8 Å². The molecule has 1 aliphatic heterocycles. The molecule has 0 radical (unpaired) electrons. The van der Waals surface area contributed by atoms with Crippen molar-refractivity contribution < 1.29 is 9.59 Å². The van der Waals surface area contributed by atoms with Gasteiger partial charge in [-0.05, 0) is 37.5 Å². The van der Waals surface area contributed by atoms with Gasteiger partial charge in [-0.3, -0.25) is 9.59 Å². The van der Waals surface area contributed by atoms with Crippen LogP contribution in [0.15, 0.2) is 12.7 Å². The monoisotopic (exact) mass is 276 g/mol. The highest BCUT2D eigenvalue weighted by Gasteiger charge is 2.48. The molecule has 0 spiro atoms. The van der Waals surface area contributed by atoms with Gasteiger partial charge in [0.1, 0.15) is 12.1 Å². The van der Waals surface area contributed by atoms with E-state index in [2.05, 4.69) is 11.9 Å². The number of rotatable bonds is 4. The maximum atomic E-state index is 12.7. The van der Waals surface area contributed by atoms with Crippen LogP contribution in [-0.4, -0.2) is 35.3 Å². The van der Waals surface area contributed by atoms with E-state index in [0.29, 0.717) is 18.4 Å². The van der Waals surface area contributed by atoms with Crippen molar-refractivity contribution in [3.8, 4) is 0 Å². The van der Waals surface area contributed by atoms with E-state index in [1.807, 2.05) is 0 Å². The maximum absolute atomic E-state index is 12.7. The first-order chi connectivity index (χ1) is 9.72. The molecule has 110 valence electrons. The molecule has 2 amide bonds. The van der Waals surface area contributed by atoms with Crippen molar-refractivity contribution in [3.63, 3.8) is 0 Å². The topological polar surface area (TPSA) is 49.4 Å². The first-order valence-electron chi connectivity index (χ1n) is 7.94. The molecule has 3 rings (SSSR count). The van der Waals surface area contributed by atoms with Gasteiger partial charge in [-0.25, -0.2) is 0 Å². The zero-order valence-electron chi connectivity index (χ0n) is 12.0. The van der Waals surface area contributed by atoms with Gasteiger partial charge in [0.05, 0.1) is 0 Å². The summed E-state index contributed by atoms with van der Waals surface area (Å²) in [6, 6.07) is -0.543. The molecule has 1 N–H and O–H groups in total. The minimum absolute atomic E-state index is 0.0650. The summed E-state index contributed by atoms with van der Waals surface area (Å²) >= 11 is 0. The molecule has 0 aromatic heterocycles. The fourth-order valence-corrected chi connectivity index (χ4v) is 3.77. The molecule has 4 nitrogen and oxygen atoms in total. The van der Waals surface area contributed by atoms with Crippen LogP contribution in [-0.2, 0) is 9.59 Å². The lowest BCUT2D eigenvalue weighted by Gasteiger charge is -2.43. The highest BCUT2D eigenvalue weighted by Crippen LogP contribution is 2.37. The first kappa shape index (κ1) is 13.7. The van der Waals surface area contributed by atoms with Gasteiger partial charge in [0, 0.05) is 6.54 Å². The van der Waals surface area contributed by atoms with Crippen LogP contribution in [0.25, 0.3) is 0 Å². The van der Waals surface area contributed by atoms with Crippen molar-refractivity contribution in [1.29, 1.82) is 0 Å². The highest BCUT2D eigenvalue weighted by atomic mass is 16.2. The van der Waals surface area contributed by atoms with E-state index in [-0.39, 0.29) is 23.9 Å². The molecule has 1 saturated heterocycles. The molecule has 0 bridgehead atoms. The molecule has 2 atom stereocenters. The Morgan fingerprint density at radius 1 is 1.10 bits per heavy atom. The number of nitrogens with zero attached hydrogens (tertiary/aromatic N) is 1. The lowest BCUT2D eigenvalue weighted by atomic mass is 9.81. The minimum atomic E-state index is -0.276. The average Bonchev–Trinajstić information content (AvgIpc) is 3.28. The normalized spacial score (nSPS) is 32.1. The summed E-state index contributed by atoms with van der Waals surface area (Å²) in [5.74, 6) is 0.872. The van der Waals surface area contributed by atoms with Crippen molar-refractivity contribution in [2.75, 3.05) is 6.54 Å². The second kappa shape index (κ2) is 5.58. The smallest absolute Gasteiger partial charge is 0.246 e. The third-order valence-corrected chi connectivity index (χ3v) is 4.97. The molecular formula is C16H24N2O2.